The van der Waals surface area contributed by atoms with Crippen molar-refractivity contribution in [2.45, 2.75) is 57.3 Å². The second kappa shape index (κ2) is 6.42. The molecule has 2 unspecified atom stereocenters. The van der Waals surface area contributed by atoms with Gasteiger partial charge in [0.2, 0.25) is 0 Å². The van der Waals surface area contributed by atoms with Crippen LogP contribution in [0.4, 0.5) is 18.0 Å². The molecule has 1 saturated heterocycles. The third-order valence-corrected chi connectivity index (χ3v) is 4.72. The monoisotopic (exact) mass is 308 g/mol. The van der Waals surface area contributed by atoms with Gasteiger partial charge < -0.3 is 15.3 Å². The first-order chi connectivity index (χ1) is 9.77. The summed E-state index contributed by atoms with van der Waals surface area (Å²) in [6, 6.07) is -0.455. The molecule has 1 saturated carbocycles. The molecule has 0 aromatic carbocycles. The molecule has 4 nitrogen and oxygen atoms in total. The summed E-state index contributed by atoms with van der Waals surface area (Å²) in [6.45, 7) is 2.82. The lowest BCUT2D eigenvalue weighted by molar-refractivity contribution is -0.182. The minimum absolute atomic E-state index is 0.0775. The summed E-state index contributed by atoms with van der Waals surface area (Å²) in [6.07, 6.45) is -3.02. The van der Waals surface area contributed by atoms with Crippen molar-refractivity contribution in [1.82, 2.24) is 10.2 Å². The number of hydrogen-bond acceptors (Lipinski definition) is 2. The number of β-amino-alcohol motifs (C(OH)–C–C–N with tert-alkyl or cyclic N) is 1. The highest BCUT2D eigenvalue weighted by Crippen LogP contribution is 2.37. The lowest BCUT2D eigenvalue weighted by atomic mass is 9.85. The van der Waals surface area contributed by atoms with Gasteiger partial charge in [-0.1, -0.05) is 6.92 Å². The van der Waals surface area contributed by atoms with Gasteiger partial charge in [-0.25, -0.2) is 4.79 Å². The summed E-state index contributed by atoms with van der Waals surface area (Å²) in [5.74, 6) is -1.06. The molecular formula is C14H23F3N2O2. The molecule has 122 valence electrons. The Kier molecular flexibility index (Phi) is 5.01. The third kappa shape index (κ3) is 4.25. The zero-order chi connectivity index (χ0) is 15.6. The lowest BCUT2D eigenvalue weighted by Gasteiger charge is -2.36. The van der Waals surface area contributed by atoms with E-state index in [1.54, 1.807) is 4.90 Å². The highest BCUT2D eigenvalue weighted by atomic mass is 19.4. The predicted molar refractivity (Wildman–Crippen MR) is 71.7 cm³/mol. The van der Waals surface area contributed by atoms with Crippen LogP contribution >= 0.6 is 0 Å². The fourth-order valence-corrected chi connectivity index (χ4v) is 3.06. The second-order valence-electron chi connectivity index (χ2n) is 6.32. The predicted octanol–water partition coefficient (Wildman–Crippen LogP) is 2.52. The number of piperidine rings is 1. The van der Waals surface area contributed by atoms with Crippen molar-refractivity contribution < 1.29 is 23.1 Å². The highest BCUT2D eigenvalue weighted by Gasteiger charge is 2.41. The number of alkyl halides is 3. The van der Waals surface area contributed by atoms with Crippen molar-refractivity contribution in [2.75, 3.05) is 13.1 Å². The van der Waals surface area contributed by atoms with Crippen molar-refractivity contribution >= 4 is 6.03 Å². The van der Waals surface area contributed by atoms with Crippen molar-refractivity contribution in [3.8, 4) is 0 Å². The molecule has 0 spiro atoms. The summed E-state index contributed by atoms with van der Waals surface area (Å²) in [5, 5.41) is 12.6. The second-order valence-corrected chi connectivity index (χ2v) is 6.32. The molecule has 2 amide bonds. The lowest BCUT2D eigenvalue weighted by Crippen LogP contribution is -2.52. The van der Waals surface area contributed by atoms with Gasteiger partial charge in [-0.3, -0.25) is 0 Å². The van der Waals surface area contributed by atoms with E-state index < -0.39 is 18.2 Å². The Morgan fingerprint density at radius 3 is 2.33 bits per heavy atom. The van der Waals surface area contributed by atoms with Gasteiger partial charge in [-0.15, -0.1) is 0 Å². The fraction of sp³-hybridized carbons (Fsp3) is 0.929. The molecule has 0 aromatic rings. The number of nitrogens with zero attached hydrogens (tertiary/aromatic N) is 1. The van der Waals surface area contributed by atoms with Crippen LogP contribution in [-0.4, -0.2) is 47.4 Å². The van der Waals surface area contributed by atoms with Crippen LogP contribution in [-0.2, 0) is 0 Å². The highest BCUT2D eigenvalue weighted by molar-refractivity contribution is 5.74. The first kappa shape index (κ1) is 16.4. The number of aliphatic hydroxyl groups is 1. The number of rotatable bonds is 1. The molecule has 21 heavy (non-hydrogen) atoms. The number of amides is 2. The Labute approximate surface area is 122 Å². The van der Waals surface area contributed by atoms with Gasteiger partial charge in [0.15, 0.2) is 0 Å². The fourth-order valence-electron chi connectivity index (χ4n) is 3.06. The van der Waals surface area contributed by atoms with Crippen molar-refractivity contribution in [2.24, 2.45) is 11.8 Å². The molecule has 2 aliphatic rings. The maximum absolute atomic E-state index is 12.6. The molecule has 2 N–H and O–H groups in total. The van der Waals surface area contributed by atoms with Gasteiger partial charge in [0.05, 0.1) is 12.0 Å². The van der Waals surface area contributed by atoms with Crippen LogP contribution in [0.1, 0.15) is 39.0 Å². The summed E-state index contributed by atoms with van der Waals surface area (Å²) in [7, 11) is 0. The van der Waals surface area contributed by atoms with Gasteiger partial charge in [-0.05, 0) is 38.0 Å². The van der Waals surface area contributed by atoms with Crippen LogP contribution in [0.3, 0.4) is 0 Å². The average Bonchev–Trinajstić information content (AvgIpc) is 2.41. The minimum Gasteiger partial charge on any atom is -0.391 e. The Balaban J connectivity index is 1.77. The SMILES string of the molecule is CC1CCN(C(=O)NC2CCC(C(F)(F)F)CC2)CC1O. The smallest absolute Gasteiger partial charge is 0.391 e. The number of carbonyl (C=O) groups excluding carboxylic acids is 1. The van der Waals surface area contributed by atoms with Gasteiger partial charge in [0.25, 0.3) is 0 Å². The molecule has 7 heteroatoms. The van der Waals surface area contributed by atoms with Crippen molar-refractivity contribution in [3.63, 3.8) is 0 Å². The largest absolute Gasteiger partial charge is 0.391 e. The normalized spacial score (nSPS) is 34.6. The zero-order valence-corrected chi connectivity index (χ0v) is 12.2. The van der Waals surface area contributed by atoms with Crippen LogP contribution in [0.15, 0.2) is 0 Å². The van der Waals surface area contributed by atoms with Crippen molar-refractivity contribution in [3.05, 3.63) is 0 Å². The molecule has 1 heterocycles. The quantitative estimate of drug-likeness (QED) is 0.782. The number of aliphatic hydroxyl groups excluding tert-OH is 1. The molecule has 2 atom stereocenters. The molecule has 0 aromatic heterocycles. The standard InChI is InChI=1S/C14H23F3N2O2/c1-9-6-7-19(8-12(9)20)13(21)18-11-4-2-10(3-5-11)14(15,16)17/h9-12,20H,2-8H2,1H3,(H,18,21). The zero-order valence-electron chi connectivity index (χ0n) is 12.2. The van der Waals surface area contributed by atoms with E-state index in [0.29, 0.717) is 25.9 Å². The van der Waals surface area contributed by atoms with E-state index in [2.05, 4.69) is 5.32 Å². The third-order valence-electron chi connectivity index (χ3n) is 4.72. The van der Waals surface area contributed by atoms with Crippen LogP contribution < -0.4 is 5.32 Å². The topological polar surface area (TPSA) is 52.6 Å². The maximum Gasteiger partial charge on any atom is 0.391 e. The van der Waals surface area contributed by atoms with E-state index in [1.807, 2.05) is 6.92 Å². The first-order valence-corrected chi connectivity index (χ1v) is 7.57. The Hall–Kier alpha value is -0.980. The van der Waals surface area contributed by atoms with Crippen LogP contribution in [0.5, 0.6) is 0 Å². The van der Waals surface area contributed by atoms with Gasteiger partial charge in [0.1, 0.15) is 0 Å². The number of hydrogen-bond donors (Lipinski definition) is 2. The van der Waals surface area contributed by atoms with Gasteiger partial charge >= 0.3 is 12.2 Å². The van der Waals surface area contributed by atoms with E-state index in [-0.39, 0.29) is 30.8 Å². The summed E-state index contributed by atoms with van der Waals surface area (Å²) < 4.78 is 37.7. The Morgan fingerprint density at radius 1 is 1.19 bits per heavy atom. The molecule has 1 aliphatic heterocycles. The number of halogens is 3. The van der Waals surface area contributed by atoms with E-state index in [4.69, 9.17) is 0 Å². The Bertz CT molecular complexity index is 368. The number of carbonyl (C=O) groups is 1. The summed E-state index contributed by atoms with van der Waals surface area (Å²) in [4.78, 5) is 13.6. The minimum atomic E-state index is -4.12. The van der Waals surface area contributed by atoms with Crippen LogP contribution in [0, 0.1) is 11.8 Å². The maximum atomic E-state index is 12.6. The molecule has 2 fully saturated rings. The molecule has 0 bridgehead atoms. The van der Waals surface area contributed by atoms with E-state index in [1.165, 1.54) is 0 Å². The van der Waals surface area contributed by atoms with E-state index in [9.17, 15) is 23.1 Å². The van der Waals surface area contributed by atoms with Crippen LogP contribution in [0.25, 0.3) is 0 Å². The number of urea groups is 1. The van der Waals surface area contributed by atoms with Gasteiger partial charge in [0, 0.05) is 19.1 Å². The molecule has 1 aliphatic carbocycles. The molecule has 0 radical (unpaired) electrons. The first-order valence-electron chi connectivity index (χ1n) is 7.57. The van der Waals surface area contributed by atoms with Crippen LogP contribution in [0.2, 0.25) is 0 Å². The summed E-state index contributed by atoms with van der Waals surface area (Å²) >= 11 is 0. The molecule has 2 rings (SSSR count). The Morgan fingerprint density at radius 2 is 1.81 bits per heavy atom. The number of likely N-dealkylation sites (tertiary alicyclic amines) is 1. The van der Waals surface area contributed by atoms with E-state index in [0.717, 1.165) is 6.42 Å². The van der Waals surface area contributed by atoms with Crippen molar-refractivity contribution in [1.29, 1.82) is 0 Å². The number of nitrogens with one attached hydrogen (secondary N) is 1. The molecular weight excluding hydrogens is 285 g/mol. The van der Waals surface area contributed by atoms with E-state index >= 15 is 0 Å². The average molecular weight is 308 g/mol. The summed E-state index contributed by atoms with van der Waals surface area (Å²) in [5.41, 5.74) is 0. The van der Waals surface area contributed by atoms with Gasteiger partial charge in [-0.2, -0.15) is 13.2 Å².